The highest BCUT2D eigenvalue weighted by atomic mass is 35.5. The normalized spacial score (nSPS) is 10.2. The Morgan fingerprint density at radius 2 is 2.29 bits per heavy atom. The van der Waals surface area contributed by atoms with Gasteiger partial charge in [0.2, 0.25) is 5.91 Å². The van der Waals surface area contributed by atoms with Crippen molar-refractivity contribution in [2.24, 2.45) is 0 Å². The number of nitrogens with one attached hydrogen (secondary N) is 1. The van der Waals surface area contributed by atoms with Gasteiger partial charge in [-0.05, 0) is 31.2 Å². The number of aryl methyl sites for hydroxylation is 1. The SMILES string of the molecule is Cc1cc(NC(=O)Cc2ccc(Cl)s2)ccn1. The van der Waals surface area contributed by atoms with Crippen molar-refractivity contribution in [3.63, 3.8) is 0 Å². The van der Waals surface area contributed by atoms with E-state index >= 15 is 0 Å². The lowest BCUT2D eigenvalue weighted by atomic mass is 10.3. The van der Waals surface area contributed by atoms with Crippen molar-refractivity contribution >= 4 is 34.5 Å². The molecule has 17 heavy (non-hydrogen) atoms. The number of nitrogens with zero attached hydrogens (tertiary/aromatic N) is 1. The van der Waals surface area contributed by atoms with Crippen molar-refractivity contribution in [2.75, 3.05) is 5.32 Å². The Labute approximate surface area is 108 Å². The fourth-order valence-corrected chi connectivity index (χ4v) is 2.52. The van der Waals surface area contributed by atoms with Crippen LogP contribution in [0.15, 0.2) is 30.5 Å². The molecule has 2 heterocycles. The molecule has 0 aliphatic heterocycles. The Hall–Kier alpha value is -1.39. The molecule has 0 aromatic carbocycles. The molecule has 1 amide bonds. The number of anilines is 1. The minimum absolute atomic E-state index is 0.0471. The molecule has 0 spiro atoms. The van der Waals surface area contributed by atoms with E-state index in [0.29, 0.717) is 10.8 Å². The van der Waals surface area contributed by atoms with E-state index in [0.717, 1.165) is 16.3 Å². The van der Waals surface area contributed by atoms with Crippen molar-refractivity contribution in [3.8, 4) is 0 Å². The Morgan fingerprint density at radius 1 is 1.47 bits per heavy atom. The molecule has 0 radical (unpaired) electrons. The Morgan fingerprint density at radius 3 is 2.94 bits per heavy atom. The van der Waals surface area contributed by atoms with Crippen LogP contribution in [0.2, 0.25) is 4.34 Å². The third-order valence-corrected chi connectivity index (χ3v) is 3.38. The van der Waals surface area contributed by atoms with Crippen molar-refractivity contribution in [3.05, 3.63) is 45.4 Å². The minimum atomic E-state index is -0.0471. The van der Waals surface area contributed by atoms with Crippen LogP contribution in [0.25, 0.3) is 0 Å². The van der Waals surface area contributed by atoms with E-state index in [9.17, 15) is 4.79 Å². The second-order valence-corrected chi connectivity index (χ2v) is 5.42. The van der Waals surface area contributed by atoms with Gasteiger partial charge in [0.05, 0.1) is 10.8 Å². The molecule has 88 valence electrons. The molecule has 2 aromatic rings. The molecule has 0 saturated heterocycles. The highest BCUT2D eigenvalue weighted by molar-refractivity contribution is 7.16. The summed E-state index contributed by atoms with van der Waals surface area (Å²) in [6.45, 7) is 1.88. The van der Waals surface area contributed by atoms with Gasteiger partial charge in [0.15, 0.2) is 0 Å². The highest BCUT2D eigenvalue weighted by Gasteiger charge is 2.06. The molecule has 0 aliphatic rings. The van der Waals surface area contributed by atoms with Crippen LogP contribution in [0.1, 0.15) is 10.6 Å². The molecule has 0 atom stereocenters. The summed E-state index contributed by atoms with van der Waals surface area (Å²) in [5.74, 6) is -0.0471. The average molecular weight is 267 g/mol. The third kappa shape index (κ3) is 3.54. The Balaban J connectivity index is 1.98. The van der Waals surface area contributed by atoms with Crippen LogP contribution in [0.5, 0.6) is 0 Å². The standard InChI is InChI=1S/C12H11ClN2OS/c1-8-6-9(4-5-14-8)15-12(16)7-10-2-3-11(13)17-10/h2-6H,7H2,1H3,(H,14,15,16). The lowest BCUT2D eigenvalue weighted by Gasteiger charge is -2.04. The zero-order valence-corrected chi connectivity index (χ0v) is 10.8. The van der Waals surface area contributed by atoms with Gasteiger partial charge >= 0.3 is 0 Å². The van der Waals surface area contributed by atoms with Crippen molar-refractivity contribution in [1.29, 1.82) is 0 Å². The number of halogens is 1. The maximum atomic E-state index is 11.7. The largest absolute Gasteiger partial charge is 0.326 e. The zero-order chi connectivity index (χ0) is 12.3. The topological polar surface area (TPSA) is 42.0 Å². The molecule has 0 unspecified atom stereocenters. The first-order valence-electron chi connectivity index (χ1n) is 5.10. The van der Waals surface area contributed by atoms with Gasteiger partial charge in [-0.15, -0.1) is 11.3 Å². The van der Waals surface area contributed by atoms with Gasteiger partial charge in [0.1, 0.15) is 0 Å². The van der Waals surface area contributed by atoms with Crippen molar-refractivity contribution < 1.29 is 4.79 Å². The molecule has 2 rings (SSSR count). The number of carbonyl (C=O) groups excluding carboxylic acids is 1. The summed E-state index contributed by atoms with van der Waals surface area (Å²) in [5, 5.41) is 2.83. The number of thiophene rings is 1. The number of hydrogen-bond donors (Lipinski definition) is 1. The molecular formula is C12H11ClN2OS. The monoisotopic (exact) mass is 266 g/mol. The second kappa shape index (κ2) is 5.29. The van der Waals surface area contributed by atoms with Gasteiger partial charge < -0.3 is 5.32 Å². The van der Waals surface area contributed by atoms with Gasteiger partial charge in [-0.25, -0.2) is 0 Å². The summed E-state index contributed by atoms with van der Waals surface area (Å²) in [6, 6.07) is 7.27. The molecule has 3 nitrogen and oxygen atoms in total. The Bertz CT molecular complexity index is 539. The van der Waals surface area contributed by atoms with Crippen molar-refractivity contribution in [2.45, 2.75) is 13.3 Å². The van der Waals surface area contributed by atoms with Crippen LogP contribution < -0.4 is 5.32 Å². The summed E-state index contributed by atoms with van der Waals surface area (Å²) in [6.07, 6.45) is 2.02. The number of pyridine rings is 1. The number of carbonyl (C=O) groups is 1. The van der Waals surface area contributed by atoms with E-state index in [1.54, 1.807) is 18.3 Å². The van der Waals surface area contributed by atoms with Crippen LogP contribution >= 0.6 is 22.9 Å². The molecule has 0 fully saturated rings. The van der Waals surface area contributed by atoms with E-state index in [2.05, 4.69) is 10.3 Å². The number of amides is 1. The molecule has 5 heteroatoms. The lowest BCUT2D eigenvalue weighted by molar-refractivity contribution is -0.115. The zero-order valence-electron chi connectivity index (χ0n) is 9.24. The van der Waals surface area contributed by atoms with Gasteiger partial charge in [-0.1, -0.05) is 11.6 Å². The average Bonchev–Trinajstić information content (AvgIpc) is 2.63. The number of aromatic nitrogens is 1. The fraction of sp³-hybridized carbons (Fsp3) is 0.167. The van der Waals surface area contributed by atoms with E-state index < -0.39 is 0 Å². The predicted octanol–water partition coefficient (Wildman–Crippen LogP) is 3.29. The van der Waals surface area contributed by atoms with Gasteiger partial charge in [0.25, 0.3) is 0 Å². The summed E-state index contributed by atoms with van der Waals surface area (Å²) < 4.78 is 0.701. The minimum Gasteiger partial charge on any atom is -0.326 e. The fourth-order valence-electron chi connectivity index (χ4n) is 1.43. The first kappa shape index (κ1) is 12.1. The first-order chi connectivity index (χ1) is 8.13. The maximum absolute atomic E-state index is 11.7. The summed E-state index contributed by atoms with van der Waals surface area (Å²) >= 11 is 7.23. The quantitative estimate of drug-likeness (QED) is 0.926. The van der Waals surface area contributed by atoms with Gasteiger partial charge in [0, 0.05) is 22.5 Å². The molecular weight excluding hydrogens is 256 g/mol. The molecule has 0 saturated carbocycles. The molecule has 1 N–H and O–H groups in total. The smallest absolute Gasteiger partial charge is 0.229 e. The van der Waals surface area contributed by atoms with E-state index in [1.807, 2.05) is 19.1 Å². The van der Waals surface area contributed by atoms with E-state index in [1.165, 1.54) is 11.3 Å². The van der Waals surface area contributed by atoms with Crippen LogP contribution in [-0.2, 0) is 11.2 Å². The predicted molar refractivity (Wildman–Crippen MR) is 70.6 cm³/mol. The van der Waals surface area contributed by atoms with Gasteiger partial charge in [-0.3, -0.25) is 9.78 Å². The highest BCUT2D eigenvalue weighted by Crippen LogP contribution is 2.22. The summed E-state index contributed by atoms with van der Waals surface area (Å²) in [4.78, 5) is 16.8. The van der Waals surface area contributed by atoms with Crippen LogP contribution in [-0.4, -0.2) is 10.9 Å². The van der Waals surface area contributed by atoms with Crippen molar-refractivity contribution in [1.82, 2.24) is 4.98 Å². The van der Waals surface area contributed by atoms with Crippen LogP contribution in [0.4, 0.5) is 5.69 Å². The molecule has 0 bridgehead atoms. The third-order valence-electron chi connectivity index (χ3n) is 2.14. The van der Waals surface area contributed by atoms with Crippen LogP contribution in [0, 0.1) is 6.92 Å². The summed E-state index contributed by atoms with van der Waals surface area (Å²) in [5.41, 5.74) is 1.65. The first-order valence-corrected chi connectivity index (χ1v) is 6.29. The maximum Gasteiger partial charge on any atom is 0.229 e. The number of rotatable bonds is 3. The van der Waals surface area contributed by atoms with E-state index in [4.69, 9.17) is 11.6 Å². The number of hydrogen-bond acceptors (Lipinski definition) is 3. The lowest BCUT2D eigenvalue weighted by Crippen LogP contribution is -2.13. The van der Waals surface area contributed by atoms with E-state index in [-0.39, 0.29) is 5.91 Å². The second-order valence-electron chi connectivity index (χ2n) is 3.62. The van der Waals surface area contributed by atoms with Crippen LogP contribution in [0.3, 0.4) is 0 Å². The Kier molecular flexibility index (Phi) is 3.76. The summed E-state index contributed by atoms with van der Waals surface area (Å²) in [7, 11) is 0. The molecule has 0 aliphatic carbocycles. The molecule has 2 aromatic heterocycles. The van der Waals surface area contributed by atoms with Gasteiger partial charge in [-0.2, -0.15) is 0 Å².